The van der Waals surface area contributed by atoms with Gasteiger partial charge in [0.25, 0.3) is 0 Å². The zero-order valence-corrected chi connectivity index (χ0v) is 34.9. The fraction of sp³-hybridized carbons (Fsp3) is 0.173. The molecule has 279 valence electrons. The van der Waals surface area contributed by atoms with Gasteiger partial charge in [0.1, 0.15) is 0 Å². The summed E-state index contributed by atoms with van der Waals surface area (Å²) in [4.78, 5) is 4.56. The molecule has 2 nitrogen and oxygen atoms in total. The maximum absolute atomic E-state index is 3.46. The first-order valence-corrected chi connectivity index (χ1v) is 19.0. The number of benzene rings is 6. The summed E-state index contributed by atoms with van der Waals surface area (Å²) in [6, 6.07) is 57.7. The van der Waals surface area contributed by atoms with Crippen LogP contribution in [0, 0.1) is 38.7 Å². The van der Waals surface area contributed by atoms with E-state index in [0.29, 0.717) is 11.8 Å². The van der Waals surface area contributed by atoms with Gasteiger partial charge < -0.3 is 9.80 Å². The van der Waals surface area contributed by atoms with Crippen molar-refractivity contribution in [1.82, 2.24) is 0 Å². The average molecular weight is 893 g/mol. The number of hydrogen-bond acceptors (Lipinski definition) is 2. The van der Waals surface area contributed by atoms with Crippen LogP contribution in [0.2, 0.25) is 0 Å². The summed E-state index contributed by atoms with van der Waals surface area (Å²) in [7, 11) is 0. The minimum Gasteiger partial charge on any atom is -0.493 e. The van der Waals surface area contributed by atoms with Crippen molar-refractivity contribution < 1.29 is 20.1 Å². The van der Waals surface area contributed by atoms with E-state index in [1.54, 1.807) is 0 Å². The Morgan fingerprint density at radius 3 is 1.65 bits per heavy atom. The molecular weight excluding hydrogens is 845 g/mol. The quantitative estimate of drug-likeness (QED) is 0.141. The molecule has 0 fully saturated rings. The Morgan fingerprint density at radius 2 is 1.11 bits per heavy atom. The SMILES string of the molecule is CC(C)c1cccc(C(C)C)c1C1C=C[C-]=C1c1[c-]cccc1.Cc1ccccc1C1=C(c2ccccc2C)N(c2ccccc2)[CH-]N1c1[c-]cccc1.[Ir]. The van der Waals surface area contributed by atoms with Crippen LogP contribution in [0.3, 0.4) is 0 Å². The van der Waals surface area contributed by atoms with E-state index in [1.807, 2.05) is 24.3 Å². The molecule has 0 saturated heterocycles. The van der Waals surface area contributed by atoms with Crippen molar-refractivity contribution in [3.63, 3.8) is 0 Å². The third kappa shape index (κ3) is 8.40. The Hall–Kier alpha value is -5.21. The second-order valence-electron chi connectivity index (χ2n) is 14.6. The topological polar surface area (TPSA) is 6.48 Å². The molecule has 6 aromatic carbocycles. The molecule has 2 aliphatic rings. The Balaban J connectivity index is 0.000000192. The van der Waals surface area contributed by atoms with Gasteiger partial charge in [-0.25, -0.2) is 23.3 Å². The molecule has 1 atom stereocenters. The minimum absolute atomic E-state index is 0. The number of nitrogens with zero attached hydrogens (tertiary/aromatic N) is 2. The van der Waals surface area contributed by atoms with Crippen LogP contribution >= 0.6 is 0 Å². The van der Waals surface area contributed by atoms with E-state index >= 15 is 0 Å². The van der Waals surface area contributed by atoms with Crippen molar-refractivity contribution in [3.05, 3.63) is 227 Å². The molecule has 0 N–H and O–H groups in total. The van der Waals surface area contributed by atoms with Crippen LogP contribution in [0.1, 0.15) is 90.0 Å². The number of allylic oxidation sites excluding steroid dienone is 4. The molecule has 0 aromatic heterocycles. The van der Waals surface area contributed by atoms with Gasteiger partial charge in [0.2, 0.25) is 0 Å². The van der Waals surface area contributed by atoms with Gasteiger partial charge >= 0.3 is 0 Å². The fourth-order valence-electron chi connectivity index (χ4n) is 7.59. The summed E-state index contributed by atoms with van der Waals surface area (Å²) in [6.45, 7) is 15.7. The number of rotatable bonds is 8. The Bertz CT molecular complexity index is 2160. The van der Waals surface area contributed by atoms with Gasteiger partial charge in [-0.15, -0.1) is 18.4 Å². The van der Waals surface area contributed by atoms with Gasteiger partial charge in [-0.2, -0.15) is 60.7 Å². The monoisotopic (exact) mass is 893 g/mol. The summed E-state index contributed by atoms with van der Waals surface area (Å²) in [5, 5.41) is 0. The predicted octanol–water partition coefficient (Wildman–Crippen LogP) is 13.3. The molecule has 0 amide bonds. The van der Waals surface area contributed by atoms with Crippen LogP contribution in [-0.4, -0.2) is 0 Å². The van der Waals surface area contributed by atoms with Crippen molar-refractivity contribution in [3.8, 4) is 0 Å². The third-order valence-electron chi connectivity index (χ3n) is 10.3. The molecule has 6 aromatic rings. The second kappa shape index (κ2) is 17.9. The summed E-state index contributed by atoms with van der Waals surface area (Å²) in [6.07, 6.45) is 7.81. The predicted molar refractivity (Wildman–Crippen MR) is 229 cm³/mol. The number of aryl methyl sites for hydroxylation is 2. The molecule has 1 aliphatic heterocycles. The van der Waals surface area contributed by atoms with E-state index in [0.717, 1.165) is 16.9 Å². The zero-order valence-electron chi connectivity index (χ0n) is 32.5. The summed E-state index contributed by atoms with van der Waals surface area (Å²) < 4.78 is 0. The van der Waals surface area contributed by atoms with Gasteiger partial charge in [0, 0.05) is 48.3 Å². The molecule has 0 spiro atoms. The first kappa shape index (κ1) is 39.5. The van der Waals surface area contributed by atoms with Crippen molar-refractivity contribution in [1.29, 1.82) is 0 Å². The standard InChI is InChI=1S/C29H24N2.C23H24.Ir/c1-22-13-9-11-19-26(22)28-29(27-20-12-10-14-23(27)2)31(25-17-7-4-8-18-25)21-30(28)24-15-5-3-6-16-24;1-16(2)19-12-8-13-20(17(3)4)23(19)22-15-9-14-21(22)18-10-6-5-7-11-18;/h3-17,19-21H,1-2H3;5-10,12-13,15-17,22H,1-4H3;/q2*-2;. The van der Waals surface area contributed by atoms with Crippen molar-refractivity contribution in [2.24, 2.45) is 0 Å². The van der Waals surface area contributed by atoms with Gasteiger partial charge in [-0.3, -0.25) is 0 Å². The van der Waals surface area contributed by atoms with E-state index in [2.05, 4.69) is 210 Å². The van der Waals surface area contributed by atoms with E-state index < -0.39 is 0 Å². The normalized spacial score (nSPS) is 14.9. The largest absolute Gasteiger partial charge is 0.493 e. The average Bonchev–Trinajstić information content (AvgIpc) is 3.85. The molecule has 1 heterocycles. The van der Waals surface area contributed by atoms with Crippen LogP contribution < -0.4 is 9.80 Å². The number of hydrogen-bond donors (Lipinski definition) is 0. The van der Waals surface area contributed by atoms with Gasteiger partial charge in [0.05, 0.1) is 0 Å². The van der Waals surface area contributed by atoms with E-state index in [1.165, 1.54) is 55.9 Å². The van der Waals surface area contributed by atoms with Gasteiger partial charge in [0.15, 0.2) is 0 Å². The fourth-order valence-corrected chi connectivity index (χ4v) is 7.59. The number of para-hydroxylation sites is 2. The van der Waals surface area contributed by atoms with Crippen LogP contribution in [-0.2, 0) is 20.1 Å². The molecule has 1 radical (unpaired) electrons. The van der Waals surface area contributed by atoms with Crippen LogP contribution in [0.15, 0.2) is 158 Å². The summed E-state index contributed by atoms with van der Waals surface area (Å²) >= 11 is 0. The molecule has 55 heavy (non-hydrogen) atoms. The smallest absolute Gasteiger partial charge is 0.0427 e. The van der Waals surface area contributed by atoms with Crippen LogP contribution in [0.5, 0.6) is 0 Å². The molecule has 0 saturated carbocycles. The van der Waals surface area contributed by atoms with E-state index in [4.69, 9.17) is 0 Å². The summed E-state index contributed by atoms with van der Waals surface area (Å²) in [5.74, 6) is 1.31. The first-order valence-electron chi connectivity index (χ1n) is 19.0. The van der Waals surface area contributed by atoms with Crippen LogP contribution in [0.25, 0.3) is 17.0 Å². The molecule has 1 unspecified atom stereocenters. The Labute approximate surface area is 342 Å². The molecule has 8 rings (SSSR count). The van der Waals surface area contributed by atoms with Gasteiger partial charge in [-0.1, -0.05) is 124 Å². The zero-order chi connectivity index (χ0) is 37.6. The molecule has 3 heteroatoms. The van der Waals surface area contributed by atoms with Crippen molar-refractivity contribution in [2.45, 2.75) is 59.3 Å². The van der Waals surface area contributed by atoms with Crippen molar-refractivity contribution in [2.75, 3.05) is 9.80 Å². The maximum Gasteiger partial charge on any atom is 0.0427 e. The molecule has 1 aliphatic carbocycles. The Morgan fingerprint density at radius 1 is 0.564 bits per heavy atom. The second-order valence-corrected chi connectivity index (χ2v) is 14.6. The molecular formula is C52H48IrN2-4. The van der Waals surface area contributed by atoms with Crippen molar-refractivity contribution >= 4 is 28.3 Å². The first-order chi connectivity index (χ1) is 26.3. The minimum atomic E-state index is 0. The van der Waals surface area contributed by atoms with Crippen LogP contribution in [0.4, 0.5) is 11.4 Å². The van der Waals surface area contributed by atoms with Gasteiger partial charge in [-0.05, 0) is 60.1 Å². The summed E-state index contributed by atoms with van der Waals surface area (Å²) in [5.41, 5.74) is 16.2. The Kier molecular flexibility index (Phi) is 12.9. The maximum atomic E-state index is 3.46. The van der Waals surface area contributed by atoms with E-state index in [9.17, 15) is 0 Å². The molecule has 0 bridgehead atoms. The van der Waals surface area contributed by atoms with E-state index in [-0.39, 0.29) is 26.0 Å². The number of anilines is 2. The third-order valence-corrected chi connectivity index (χ3v) is 10.3.